The van der Waals surface area contributed by atoms with Gasteiger partial charge in [0, 0.05) is 43.9 Å². The van der Waals surface area contributed by atoms with E-state index in [0.717, 1.165) is 12.2 Å². The molecule has 6 nitrogen and oxygen atoms in total. The second-order valence-corrected chi connectivity index (χ2v) is 6.54. The molecule has 0 aliphatic rings. The predicted octanol–water partition coefficient (Wildman–Crippen LogP) is 3.40. The molecule has 0 aliphatic carbocycles. The van der Waals surface area contributed by atoms with E-state index in [1.807, 2.05) is 46.0 Å². The Morgan fingerprint density at radius 2 is 2.04 bits per heavy atom. The van der Waals surface area contributed by atoms with Crippen LogP contribution in [-0.2, 0) is 6.54 Å². The molecular weight excluding hydrogens is 352 g/mol. The van der Waals surface area contributed by atoms with Crippen molar-refractivity contribution in [2.24, 2.45) is 5.92 Å². The summed E-state index contributed by atoms with van der Waals surface area (Å²) in [6, 6.07) is 9.10. The van der Waals surface area contributed by atoms with Gasteiger partial charge >= 0.3 is 0 Å². The largest absolute Gasteiger partial charge is 0.496 e. The Balaban J connectivity index is 1.71. The average Bonchev–Trinajstić information content (AvgIpc) is 3.33. The minimum Gasteiger partial charge on any atom is -0.496 e. The van der Waals surface area contributed by atoms with Crippen molar-refractivity contribution in [2.75, 3.05) is 13.7 Å². The highest BCUT2D eigenvalue weighted by Crippen LogP contribution is 2.30. The highest BCUT2D eigenvalue weighted by Gasteiger charge is 2.17. The van der Waals surface area contributed by atoms with Crippen LogP contribution in [0.1, 0.15) is 17.3 Å². The molecule has 1 amide bonds. The van der Waals surface area contributed by atoms with Crippen LogP contribution in [0.5, 0.6) is 5.75 Å². The molecule has 1 unspecified atom stereocenters. The molecule has 1 atom stereocenters. The normalized spacial score (nSPS) is 12.0. The third-order valence-corrected chi connectivity index (χ3v) is 4.37. The molecule has 0 fully saturated rings. The minimum atomic E-state index is -0.213. The standard InChI is InChI=1S/C19H21ClN4O2/c1-14(13-24-9-5-6-22-24)12-21-19(25)15-10-16(20)17(11-18(15)26-2)23-7-3-4-8-23/h3-11,14H,12-13H2,1-2H3,(H,21,25). The van der Waals surface area contributed by atoms with Crippen molar-refractivity contribution < 1.29 is 9.53 Å². The predicted molar refractivity (Wildman–Crippen MR) is 101 cm³/mol. The van der Waals surface area contributed by atoms with Crippen molar-refractivity contribution >= 4 is 17.5 Å². The maximum absolute atomic E-state index is 12.6. The number of carbonyl (C=O) groups excluding carboxylic acids is 1. The summed E-state index contributed by atoms with van der Waals surface area (Å²) in [6.45, 7) is 3.32. The van der Waals surface area contributed by atoms with E-state index in [0.29, 0.717) is 22.9 Å². The molecule has 0 spiro atoms. The number of ether oxygens (including phenoxy) is 1. The summed E-state index contributed by atoms with van der Waals surface area (Å²) >= 11 is 6.38. The van der Waals surface area contributed by atoms with Gasteiger partial charge < -0.3 is 14.6 Å². The van der Waals surface area contributed by atoms with Crippen LogP contribution in [-0.4, -0.2) is 33.9 Å². The van der Waals surface area contributed by atoms with E-state index in [-0.39, 0.29) is 11.8 Å². The number of methoxy groups -OCH3 is 1. The fourth-order valence-electron chi connectivity index (χ4n) is 2.74. The van der Waals surface area contributed by atoms with Crippen LogP contribution in [0.3, 0.4) is 0 Å². The van der Waals surface area contributed by atoms with Gasteiger partial charge in [0.05, 0.1) is 23.4 Å². The molecule has 0 aliphatic heterocycles. The van der Waals surface area contributed by atoms with Gasteiger partial charge in [0.25, 0.3) is 5.91 Å². The van der Waals surface area contributed by atoms with Crippen molar-refractivity contribution in [1.82, 2.24) is 19.7 Å². The van der Waals surface area contributed by atoms with Crippen molar-refractivity contribution in [3.05, 3.63) is 65.7 Å². The number of hydrogen-bond acceptors (Lipinski definition) is 3. The summed E-state index contributed by atoms with van der Waals surface area (Å²) in [5, 5.41) is 7.60. The second-order valence-electron chi connectivity index (χ2n) is 6.14. The van der Waals surface area contributed by atoms with Crippen LogP contribution >= 0.6 is 11.6 Å². The molecule has 1 aromatic carbocycles. The lowest BCUT2D eigenvalue weighted by Crippen LogP contribution is -2.30. The van der Waals surface area contributed by atoms with E-state index in [9.17, 15) is 4.79 Å². The summed E-state index contributed by atoms with van der Waals surface area (Å²) in [4.78, 5) is 12.6. The third-order valence-electron chi connectivity index (χ3n) is 4.07. The molecule has 0 radical (unpaired) electrons. The lowest BCUT2D eigenvalue weighted by atomic mass is 10.1. The van der Waals surface area contributed by atoms with Crippen molar-refractivity contribution in [3.63, 3.8) is 0 Å². The molecule has 2 aromatic heterocycles. The highest BCUT2D eigenvalue weighted by atomic mass is 35.5. The molecule has 1 N–H and O–H groups in total. The maximum atomic E-state index is 12.6. The SMILES string of the molecule is COc1cc(-n2cccc2)c(Cl)cc1C(=O)NCC(C)Cn1cccn1. The number of amides is 1. The first-order valence-electron chi connectivity index (χ1n) is 8.35. The van der Waals surface area contributed by atoms with Crippen LogP contribution in [0, 0.1) is 5.92 Å². The first kappa shape index (κ1) is 18.1. The first-order chi connectivity index (χ1) is 12.6. The number of rotatable bonds is 7. The fourth-order valence-corrected chi connectivity index (χ4v) is 3.00. The number of halogens is 1. The number of nitrogens with zero attached hydrogens (tertiary/aromatic N) is 3. The average molecular weight is 373 g/mol. The Labute approximate surface area is 157 Å². The maximum Gasteiger partial charge on any atom is 0.255 e. The van der Waals surface area contributed by atoms with Crippen LogP contribution < -0.4 is 10.1 Å². The number of benzene rings is 1. The number of carbonyl (C=O) groups is 1. The zero-order valence-corrected chi connectivity index (χ0v) is 15.5. The Hall–Kier alpha value is -2.73. The zero-order valence-electron chi connectivity index (χ0n) is 14.7. The lowest BCUT2D eigenvalue weighted by molar-refractivity contribution is 0.0943. The topological polar surface area (TPSA) is 61.1 Å². The van der Waals surface area contributed by atoms with Gasteiger partial charge in [-0.05, 0) is 30.2 Å². The summed E-state index contributed by atoms with van der Waals surface area (Å²) < 4.78 is 9.13. The first-order valence-corrected chi connectivity index (χ1v) is 8.72. The fraction of sp³-hybridized carbons (Fsp3) is 0.263. The van der Waals surface area contributed by atoms with E-state index in [2.05, 4.69) is 17.3 Å². The van der Waals surface area contributed by atoms with Crippen molar-refractivity contribution in [3.8, 4) is 11.4 Å². The monoisotopic (exact) mass is 372 g/mol. The van der Waals surface area contributed by atoms with Gasteiger partial charge in [-0.25, -0.2) is 0 Å². The Morgan fingerprint density at radius 3 is 2.69 bits per heavy atom. The van der Waals surface area contributed by atoms with Gasteiger partial charge in [0.15, 0.2) is 0 Å². The van der Waals surface area contributed by atoms with E-state index < -0.39 is 0 Å². The highest BCUT2D eigenvalue weighted by molar-refractivity contribution is 6.33. The van der Waals surface area contributed by atoms with Crippen molar-refractivity contribution in [2.45, 2.75) is 13.5 Å². The van der Waals surface area contributed by atoms with E-state index in [4.69, 9.17) is 16.3 Å². The van der Waals surface area contributed by atoms with E-state index >= 15 is 0 Å². The second kappa shape index (κ2) is 8.10. The number of nitrogens with one attached hydrogen (secondary N) is 1. The molecule has 0 saturated carbocycles. The minimum absolute atomic E-state index is 0.213. The molecule has 26 heavy (non-hydrogen) atoms. The van der Waals surface area contributed by atoms with Crippen LogP contribution in [0.15, 0.2) is 55.1 Å². The summed E-state index contributed by atoms with van der Waals surface area (Å²) in [5.74, 6) is 0.505. The molecule has 0 saturated heterocycles. The van der Waals surface area contributed by atoms with Gasteiger partial charge in [0.2, 0.25) is 0 Å². The number of hydrogen-bond donors (Lipinski definition) is 1. The molecule has 2 heterocycles. The summed E-state index contributed by atoms with van der Waals surface area (Å²) in [5.41, 5.74) is 1.18. The van der Waals surface area contributed by atoms with Gasteiger partial charge in [-0.2, -0.15) is 5.10 Å². The molecule has 3 rings (SSSR count). The quantitative estimate of drug-likeness (QED) is 0.691. The zero-order chi connectivity index (χ0) is 18.5. The van der Waals surface area contributed by atoms with Gasteiger partial charge in [-0.15, -0.1) is 0 Å². The summed E-state index contributed by atoms with van der Waals surface area (Å²) in [6.07, 6.45) is 7.42. The van der Waals surface area contributed by atoms with E-state index in [1.165, 1.54) is 0 Å². The van der Waals surface area contributed by atoms with E-state index in [1.54, 1.807) is 25.4 Å². The van der Waals surface area contributed by atoms with Crippen molar-refractivity contribution in [1.29, 1.82) is 0 Å². The van der Waals surface area contributed by atoms with Gasteiger partial charge in [0.1, 0.15) is 5.75 Å². The summed E-state index contributed by atoms with van der Waals surface area (Å²) in [7, 11) is 1.54. The smallest absolute Gasteiger partial charge is 0.255 e. The van der Waals surface area contributed by atoms with Crippen LogP contribution in [0.25, 0.3) is 5.69 Å². The molecular formula is C19H21ClN4O2. The van der Waals surface area contributed by atoms with Gasteiger partial charge in [-0.3, -0.25) is 9.48 Å². The lowest BCUT2D eigenvalue weighted by Gasteiger charge is -2.16. The Bertz CT molecular complexity index is 860. The third kappa shape index (κ3) is 4.08. The molecule has 136 valence electrons. The van der Waals surface area contributed by atoms with Gasteiger partial charge in [-0.1, -0.05) is 18.5 Å². The number of aromatic nitrogens is 3. The molecule has 7 heteroatoms. The molecule has 3 aromatic rings. The van der Waals surface area contributed by atoms with Crippen LogP contribution in [0.2, 0.25) is 5.02 Å². The Morgan fingerprint density at radius 1 is 1.27 bits per heavy atom. The van der Waals surface area contributed by atoms with Crippen LogP contribution in [0.4, 0.5) is 0 Å². The molecule has 0 bridgehead atoms. The Kier molecular flexibility index (Phi) is 5.63.